The number of rotatable bonds is 3. The number of carbonyl (C=O) groups excluding carboxylic acids is 1. The van der Waals surface area contributed by atoms with Gasteiger partial charge in [-0.3, -0.25) is 4.79 Å². The summed E-state index contributed by atoms with van der Waals surface area (Å²) in [4.78, 5) is 11.1. The predicted molar refractivity (Wildman–Crippen MR) is 52.5 cm³/mol. The van der Waals surface area contributed by atoms with Crippen LogP contribution < -0.4 is 10.5 Å². The summed E-state index contributed by atoms with van der Waals surface area (Å²) in [5.74, 6) is -0.784. The molecule has 0 heterocycles. The lowest BCUT2D eigenvalue weighted by Crippen LogP contribution is -2.07. The van der Waals surface area contributed by atoms with Gasteiger partial charge in [-0.25, -0.2) is 0 Å². The smallest absolute Gasteiger partial charge is 0.387 e. The molecule has 0 fully saturated rings. The number of hydrogen-bond donors (Lipinski definition) is 1. The molecule has 3 nitrogen and oxygen atoms in total. The highest BCUT2D eigenvalue weighted by molar-refractivity contribution is 6.33. The van der Waals surface area contributed by atoms with Crippen LogP contribution in [-0.2, 0) is 0 Å². The number of ketones is 1. The molecule has 2 N–H and O–H groups in total. The number of Topliss-reactive ketones (excluding diaryl/α,β-unsaturated/α-hetero) is 1. The van der Waals surface area contributed by atoms with Crippen molar-refractivity contribution in [1.29, 1.82) is 0 Å². The van der Waals surface area contributed by atoms with Gasteiger partial charge in [0.05, 0.1) is 10.6 Å². The zero-order valence-corrected chi connectivity index (χ0v) is 8.52. The molecular weight excluding hydrogens is 228 g/mol. The SMILES string of the molecule is CC(=O)c1cc(N)cc(Cl)c1OC(F)F. The van der Waals surface area contributed by atoms with Crippen LogP contribution in [0.2, 0.25) is 5.02 Å². The van der Waals surface area contributed by atoms with Crippen molar-refractivity contribution in [3.8, 4) is 5.75 Å². The Kier molecular flexibility index (Phi) is 3.47. The third-order valence-corrected chi connectivity index (χ3v) is 1.93. The monoisotopic (exact) mass is 235 g/mol. The first kappa shape index (κ1) is 11.7. The maximum atomic E-state index is 12.0. The number of hydrogen-bond acceptors (Lipinski definition) is 3. The standard InChI is InChI=1S/C9H8ClF2NO2/c1-4(14)6-2-5(13)3-7(10)8(6)15-9(11)12/h2-3,9H,13H2,1H3. The van der Waals surface area contributed by atoms with Gasteiger partial charge in [0.2, 0.25) is 0 Å². The molecule has 0 bridgehead atoms. The van der Waals surface area contributed by atoms with Crippen molar-refractivity contribution in [1.82, 2.24) is 0 Å². The molecule has 1 rings (SSSR count). The van der Waals surface area contributed by atoms with E-state index in [1.807, 2.05) is 0 Å². The van der Waals surface area contributed by atoms with Crippen molar-refractivity contribution in [3.05, 3.63) is 22.7 Å². The molecule has 15 heavy (non-hydrogen) atoms. The zero-order chi connectivity index (χ0) is 11.6. The van der Waals surface area contributed by atoms with Crippen LogP contribution in [0.25, 0.3) is 0 Å². The summed E-state index contributed by atoms with van der Waals surface area (Å²) in [7, 11) is 0. The minimum Gasteiger partial charge on any atom is -0.432 e. The van der Waals surface area contributed by atoms with Crippen LogP contribution in [0.15, 0.2) is 12.1 Å². The van der Waals surface area contributed by atoms with Gasteiger partial charge in [-0.05, 0) is 19.1 Å². The van der Waals surface area contributed by atoms with Crippen LogP contribution in [0.3, 0.4) is 0 Å². The van der Waals surface area contributed by atoms with E-state index < -0.39 is 12.4 Å². The summed E-state index contributed by atoms with van der Waals surface area (Å²) >= 11 is 5.63. The molecule has 0 aliphatic carbocycles. The largest absolute Gasteiger partial charge is 0.432 e. The molecule has 0 saturated heterocycles. The Morgan fingerprint density at radius 3 is 2.60 bits per heavy atom. The van der Waals surface area contributed by atoms with Gasteiger partial charge in [-0.1, -0.05) is 11.6 Å². The number of carbonyl (C=O) groups is 1. The van der Waals surface area contributed by atoms with Crippen molar-refractivity contribution in [2.75, 3.05) is 5.73 Å². The fourth-order valence-corrected chi connectivity index (χ4v) is 1.36. The molecule has 0 amide bonds. The van der Waals surface area contributed by atoms with E-state index in [-0.39, 0.29) is 22.0 Å². The third-order valence-electron chi connectivity index (χ3n) is 1.65. The molecular formula is C9H8ClF2NO2. The van der Waals surface area contributed by atoms with Gasteiger partial charge in [0.15, 0.2) is 11.5 Å². The van der Waals surface area contributed by atoms with Crippen molar-refractivity contribution < 1.29 is 18.3 Å². The molecule has 0 aliphatic heterocycles. The van der Waals surface area contributed by atoms with Crippen LogP contribution >= 0.6 is 11.6 Å². The Balaban J connectivity index is 3.27. The zero-order valence-electron chi connectivity index (χ0n) is 7.76. The summed E-state index contributed by atoms with van der Waals surface area (Å²) in [5.41, 5.74) is 5.58. The van der Waals surface area contributed by atoms with Gasteiger partial charge in [-0.2, -0.15) is 8.78 Å². The lowest BCUT2D eigenvalue weighted by atomic mass is 10.1. The molecule has 0 saturated carbocycles. The molecule has 0 unspecified atom stereocenters. The summed E-state index contributed by atoms with van der Waals surface area (Å²) in [6.45, 7) is -1.83. The number of nitrogen functional groups attached to an aromatic ring is 1. The Bertz CT molecular complexity index is 396. The Labute approximate surface area is 89.8 Å². The van der Waals surface area contributed by atoms with E-state index in [0.29, 0.717) is 0 Å². The summed E-state index contributed by atoms with van der Waals surface area (Å²) < 4.78 is 28.2. The van der Waals surface area contributed by atoms with Crippen LogP contribution in [-0.4, -0.2) is 12.4 Å². The van der Waals surface area contributed by atoms with E-state index in [0.717, 1.165) is 0 Å². The number of alkyl halides is 2. The normalized spacial score (nSPS) is 10.5. The fraction of sp³-hybridized carbons (Fsp3) is 0.222. The Morgan fingerprint density at radius 2 is 2.13 bits per heavy atom. The molecule has 1 aromatic rings. The van der Waals surface area contributed by atoms with Gasteiger partial charge in [0.1, 0.15) is 0 Å². The molecule has 1 aromatic carbocycles. The van der Waals surface area contributed by atoms with Crippen LogP contribution in [0.1, 0.15) is 17.3 Å². The van der Waals surface area contributed by atoms with E-state index in [9.17, 15) is 13.6 Å². The summed E-state index contributed by atoms with van der Waals surface area (Å²) in [6.07, 6.45) is 0. The van der Waals surface area contributed by atoms with Crippen LogP contribution in [0.4, 0.5) is 14.5 Å². The number of nitrogens with two attached hydrogens (primary N) is 1. The fourth-order valence-electron chi connectivity index (χ4n) is 1.08. The van der Waals surface area contributed by atoms with Crippen molar-refractivity contribution in [2.24, 2.45) is 0 Å². The average molecular weight is 236 g/mol. The third kappa shape index (κ3) is 2.79. The van der Waals surface area contributed by atoms with E-state index in [2.05, 4.69) is 4.74 Å². The summed E-state index contributed by atoms with van der Waals surface area (Å²) in [5, 5.41) is -0.111. The minimum atomic E-state index is -3.04. The molecule has 0 aliphatic rings. The van der Waals surface area contributed by atoms with E-state index >= 15 is 0 Å². The predicted octanol–water partition coefficient (Wildman–Crippen LogP) is 2.73. The van der Waals surface area contributed by atoms with Crippen LogP contribution in [0, 0.1) is 0 Å². The quantitative estimate of drug-likeness (QED) is 0.647. The highest BCUT2D eigenvalue weighted by Gasteiger charge is 2.17. The average Bonchev–Trinajstić information content (AvgIpc) is 2.08. The highest BCUT2D eigenvalue weighted by atomic mass is 35.5. The number of ether oxygens (including phenoxy) is 1. The lowest BCUT2D eigenvalue weighted by molar-refractivity contribution is -0.0500. The first-order valence-electron chi connectivity index (χ1n) is 3.96. The molecule has 0 radical (unpaired) electrons. The Hall–Kier alpha value is -1.36. The van der Waals surface area contributed by atoms with Gasteiger partial charge in [0.25, 0.3) is 0 Å². The molecule has 0 aromatic heterocycles. The second kappa shape index (κ2) is 4.44. The van der Waals surface area contributed by atoms with Crippen molar-refractivity contribution in [3.63, 3.8) is 0 Å². The topological polar surface area (TPSA) is 52.3 Å². The highest BCUT2D eigenvalue weighted by Crippen LogP contribution is 2.32. The maximum absolute atomic E-state index is 12.0. The summed E-state index contributed by atoms with van der Waals surface area (Å²) in [6, 6.07) is 2.48. The molecule has 82 valence electrons. The van der Waals surface area contributed by atoms with E-state index in [1.54, 1.807) is 0 Å². The maximum Gasteiger partial charge on any atom is 0.387 e. The molecule has 0 spiro atoms. The minimum absolute atomic E-state index is 0.0553. The first-order chi connectivity index (χ1) is 6.91. The second-order valence-electron chi connectivity index (χ2n) is 2.81. The first-order valence-corrected chi connectivity index (χ1v) is 4.34. The molecule has 6 heteroatoms. The van der Waals surface area contributed by atoms with Gasteiger partial charge < -0.3 is 10.5 Å². The van der Waals surface area contributed by atoms with E-state index in [1.165, 1.54) is 19.1 Å². The van der Waals surface area contributed by atoms with E-state index in [4.69, 9.17) is 17.3 Å². The van der Waals surface area contributed by atoms with Gasteiger partial charge in [-0.15, -0.1) is 0 Å². The number of benzene rings is 1. The lowest BCUT2D eigenvalue weighted by Gasteiger charge is -2.11. The van der Waals surface area contributed by atoms with Crippen molar-refractivity contribution in [2.45, 2.75) is 13.5 Å². The molecule has 0 atom stereocenters. The van der Waals surface area contributed by atoms with Crippen molar-refractivity contribution >= 4 is 23.1 Å². The second-order valence-corrected chi connectivity index (χ2v) is 3.22. The van der Waals surface area contributed by atoms with Gasteiger partial charge in [0, 0.05) is 5.69 Å². The number of halogens is 3. The number of anilines is 1. The van der Waals surface area contributed by atoms with Gasteiger partial charge >= 0.3 is 6.61 Å². The Morgan fingerprint density at radius 1 is 1.53 bits per heavy atom. The van der Waals surface area contributed by atoms with Crippen LogP contribution in [0.5, 0.6) is 5.75 Å².